The molecule has 0 aliphatic heterocycles. The van der Waals surface area contributed by atoms with Crippen molar-refractivity contribution in [2.45, 2.75) is 13.5 Å². The van der Waals surface area contributed by atoms with Crippen molar-refractivity contribution in [2.24, 2.45) is 0 Å². The van der Waals surface area contributed by atoms with E-state index in [4.69, 9.17) is 0 Å². The van der Waals surface area contributed by atoms with E-state index >= 15 is 0 Å². The van der Waals surface area contributed by atoms with E-state index in [2.05, 4.69) is 36.5 Å². The Balaban J connectivity index is 1.68. The maximum absolute atomic E-state index is 12.4. The standard InChI is InChI=1S/C19H17BrN4O/c1-13-5-2-3-6-14(13)12-22-18(25)17-9-10-21-19(24-17)23-16-8-4-7-15(20)11-16/h2-11H,12H2,1H3,(H,22,25)(H,21,23,24). The third kappa shape index (κ3) is 4.64. The van der Waals surface area contributed by atoms with E-state index in [1.807, 2.05) is 55.5 Å². The second-order valence-electron chi connectivity index (χ2n) is 5.51. The topological polar surface area (TPSA) is 66.9 Å². The summed E-state index contributed by atoms with van der Waals surface area (Å²) in [6, 6.07) is 17.2. The first-order valence-corrected chi connectivity index (χ1v) is 8.59. The Labute approximate surface area is 154 Å². The lowest BCUT2D eigenvalue weighted by molar-refractivity contribution is 0.0946. The van der Waals surface area contributed by atoms with Crippen LogP contribution in [0, 0.1) is 6.92 Å². The molecule has 25 heavy (non-hydrogen) atoms. The Hall–Kier alpha value is -2.73. The minimum atomic E-state index is -0.233. The van der Waals surface area contributed by atoms with E-state index in [9.17, 15) is 4.79 Å². The Bertz CT molecular complexity index is 898. The smallest absolute Gasteiger partial charge is 0.270 e. The molecular weight excluding hydrogens is 380 g/mol. The second-order valence-corrected chi connectivity index (χ2v) is 6.43. The molecule has 6 heteroatoms. The number of aryl methyl sites for hydroxylation is 1. The molecule has 126 valence electrons. The third-order valence-electron chi connectivity index (χ3n) is 3.67. The number of anilines is 2. The van der Waals surface area contributed by atoms with Gasteiger partial charge in [0.2, 0.25) is 5.95 Å². The average Bonchev–Trinajstić information content (AvgIpc) is 2.61. The summed E-state index contributed by atoms with van der Waals surface area (Å²) in [6.45, 7) is 2.48. The minimum Gasteiger partial charge on any atom is -0.347 e. The van der Waals surface area contributed by atoms with Gasteiger partial charge in [0.05, 0.1) is 0 Å². The van der Waals surface area contributed by atoms with Gasteiger partial charge in [-0.2, -0.15) is 0 Å². The molecule has 0 aliphatic rings. The minimum absolute atomic E-state index is 0.233. The fraction of sp³-hybridized carbons (Fsp3) is 0.105. The Morgan fingerprint density at radius 2 is 1.96 bits per heavy atom. The van der Waals surface area contributed by atoms with Gasteiger partial charge < -0.3 is 10.6 Å². The van der Waals surface area contributed by atoms with E-state index in [0.717, 1.165) is 21.3 Å². The maximum Gasteiger partial charge on any atom is 0.270 e. The molecule has 3 rings (SSSR count). The van der Waals surface area contributed by atoms with Crippen molar-refractivity contribution in [2.75, 3.05) is 5.32 Å². The van der Waals surface area contributed by atoms with Crippen LogP contribution < -0.4 is 10.6 Å². The van der Waals surface area contributed by atoms with Crippen molar-refractivity contribution in [1.82, 2.24) is 15.3 Å². The highest BCUT2D eigenvalue weighted by molar-refractivity contribution is 9.10. The molecular formula is C19H17BrN4O. The van der Waals surface area contributed by atoms with Crippen LogP contribution in [0.3, 0.4) is 0 Å². The van der Waals surface area contributed by atoms with Gasteiger partial charge in [0.25, 0.3) is 5.91 Å². The van der Waals surface area contributed by atoms with Crippen LogP contribution in [0.2, 0.25) is 0 Å². The first-order chi connectivity index (χ1) is 12.1. The van der Waals surface area contributed by atoms with Crippen molar-refractivity contribution >= 4 is 33.5 Å². The lowest BCUT2D eigenvalue weighted by atomic mass is 10.1. The highest BCUT2D eigenvalue weighted by Gasteiger charge is 2.09. The van der Waals surface area contributed by atoms with Crippen molar-refractivity contribution in [3.63, 3.8) is 0 Å². The number of halogens is 1. The summed E-state index contributed by atoms with van der Waals surface area (Å²) in [4.78, 5) is 20.8. The zero-order valence-electron chi connectivity index (χ0n) is 13.7. The number of nitrogens with one attached hydrogen (secondary N) is 2. The van der Waals surface area contributed by atoms with Gasteiger partial charge in [0.1, 0.15) is 5.69 Å². The lowest BCUT2D eigenvalue weighted by Gasteiger charge is -2.09. The van der Waals surface area contributed by atoms with Crippen LogP contribution in [0.4, 0.5) is 11.6 Å². The van der Waals surface area contributed by atoms with Crippen molar-refractivity contribution in [3.8, 4) is 0 Å². The summed E-state index contributed by atoms with van der Waals surface area (Å²) in [5.74, 6) is 0.143. The normalized spacial score (nSPS) is 10.3. The predicted molar refractivity (Wildman–Crippen MR) is 102 cm³/mol. The molecule has 1 aromatic heterocycles. The number of amides is 1. The molecule has 2 N–H and O–H groups in total. The van der Waals surface area contributed by atoms with Crippen LogP contribution in [0.5, 0.6) is 0 Å². The number of carbonyl (C=O) groups is 1. The van der Waals surface area contributed by atoms with Gasteiger partial charge in [-0.05, 0) is 42.3 Å². The molecule has 0 fully saturated rings. The summed E-state index contributed by atoms with van der Waals surface area (Å²) < 4.78 is 0.949. The molecule has 1 heterocycles. The molecule has 0 radical (unpaired) electrons. The number of nitrogens with zero attached hydrogens (tertiary/aromatic N) is 2. The fourth-order valence-corrected chi connectivity index (χ4v) is 2.71. The monoisotopic (exact) mass is 396 g/mol. The molecule has 0 atom stereocenters. The Morgan fingerprint density at radius 3 is 2.76 bits per heavy atom. The molecule has 0 bridgehead atoms. The number of carbonyl (C=O) groups excluding carboxylic acids is 1. The number of rotatable bonds is 5. The third-order valence-corrected chi connectivity index (χ3v) is 4.16. The largest absolute Gasteiger partial charge is 0.347 e. The highest BCUT2D eigenvalue weighted by Crippen LogP contribution is 2.18. The molecule has 0 unspecified atom stereocenters. The molecule has 1 amide bonds. The van der Waals surface area contributed by atoms with E-state index < -0.39 is 0 Å². The lowest BCUT2D eigenvalue weighted by Crippen LogP contribution is -2.24. The van der Waals surface area contributed by atoms with E-state index in [1.54, 1.807) is 12.3 Å². The Kier molecular flexibility index (Phi) is 5.40. The van der Waals surface area contributed by atoms with Crippen LogP contribution in [-0.4, -0.2) is 15.9 Å². The van der Waals surface area contributed by atoms with Gasteiger partial charge in [-0.25, -0.2) is 9.97 Å². The molecule has 0 spiro atoms. The summed E-state index contributed by atoms with van der Waals surface area (Å²) >= 11 is 3.42. The average molecular weight is 397 g/mol. The Morgan fingerprint density at radius 1 is 1.12 bits per heavy atom. The molecule has 2 aromatic carbocycles. The van der Waals surface area contributed by atoms with Gasteiger partial charge >= 0.3 is 0 Å². The van der Waals surface area contributed by atoms with Crippen LogP contribution in [0.1, 0.15) is 21.6 Å². The maximum atomic E-state index is 12.4. The molecule has 0 aliphatic carbocycles. The predicted octanol–water partition coefficient (Wildman–Crippen LogP) is 4.22. The van der Waals surface area contributed by atoms with Crippen molar-refractivity contribution in [1.29, 1.82) is 0 Å². The van der Waals surface area contributed by atoms with Gasteiger partial charge in [-0.1, -0.05) is 46.3 Å². The molecule has 3 aromatic rings. The molecule has 0 saturated carbocycles. The van der Waals surface area contributed by atoms with Gasteiger partial charge in [0, 0.05) is 22.9 Å². The van der Waals surface area contributed by atoms with Crippen LogP contribution in [0.25, 0.3) is 0 Å². The zero-order chi connectivity index (χ0) is 17.6. The van der Waals surface area contributed by atoms with Crippen LogP contribution in [-0.2, 0) is 6.54 Å². The first kappa shape index (κ1) is 17.1. The zero-order valence-corrected chi connectivity index (χ0v) is 15.2. The highest BCUT2D eigenvalue weighted by atomic mass is 79.9. The van der Waals surface area contributed by atoms with Crippen molar-refractivity contribution < 1.29 is 4.79 Å². The second kappa shape index (κ2) is 7.90. The quantitative estimate of drug-likeness (QED) is 0.677. The van der Waals surface area contributed by atoms with Crippen LogP contribution >= 0.6 is 15.9 Å². The number of hydrogen-bond acceptors (Lipinski definition) is 4. The summed E-state index contributed by atoms with van der Waals surface area (Å²) in [5, 5.41) is 5.98. The number of benzene rings is 2. The van der Waals surface area contributed by atoms with E-state index in [0.29, 0.717) is 18.2 Å². The van der Waals surface area contributed by atoms with Crippen LogP contribution in [0.15, 0.2) is 65.3 Å². The summed E-state index contributed by atoms with van der Waals surface area (Å²) in [5.41, 5.74) is 3.38. The van der Waals surface area contributed by atoms with Gasteiger partial charge in [0.15, 0.2) is 0 Å². The SMILES string of the molecule is Cc1ccccc1CNC(=O)c1ccnc(Nc2cccc(Br)c2)n1. The van der Waals surface area contributed by atoms with Crippen molar-refractivity contribution in [3.05, 3.63) is 82.1 Å². The number of aromatic nitrogens is 2. The fourth-order valence-electron chi connectivity index (χ4n) is 2.32. The summed E-state index contributed by atoms with van der Waals surface area (Å²) in [7, 11) is 0. The van der Waals surface area contributed by atoms with E-state index in [1.165, 1.54) is 0 Å². The number of hydrogen-bond donors (Lipinski definition) is 2. The molecule has 0 saturated heterocycles. The molecule has 5 nitrogen and oxygen atoms in total. The summed E-state index contributed by atoms with van der Waals surface area (Å²) in [6.07, 6.45) is 1.57. The van der Waals surface area contributed by atoms with Gasteiger partial charge in [-0.15, -0.1) is 0 Å². The van der Waals surface area contributed by atoms with E-state index in [-0.39, 0.29) is 5.91 Å². The first-order valence-electron chi connectivity index (χ1n) is 7.80. The van der Waals surface area contributed by atoms with Gasteiger partial charge in [-0.3, -0.25) is 4.79 Å².